The molecule has 2 heterocycles. The molecule has 0 aliphatic carbocycles. The molecule has 3 aromatic rings. The number of hydrogen-bond acceptors (Lipinski definition) is 4. The minimum atomic E-state index is 0.428. The van der Waals surface area contributed by atoms with Gasteiger partial charge in [-0.3, -0.25) is 0 Å². The van der Waals surface area contributed by atoms with Gasteiger partial charge in [-0.1, -0.05) is 12.1 Å². The lowest BCUT2D eigenvalue weighted by atomic mass is 10.0. The largest absolute Gasteiger partial charge is 0.497 e. The number of fused-ring (bicyclic) bond motifs is 1. The smallest absolute Gasteiger partial charge is 0.148 e. The van der Waals surface area contributed by atoms with E-state index in [2.05, 4.69) is 30.3 Å². The lowest BCUT2D eigenvalue weighted by molar-refractivity contribution is -0.932. The molecule has 0 saturated carbocycles. The molecule has 1 N–H and O–H groups in total. The summed E-state index contributed by atoms with van der Waals surface area (Å²) in [5.41, 5.74) is 2.35. The number of quaternary nitrogens is 1. The van der Waals surface area contributed by atoms with Gasteiger partial charge in [0, 0.05) is 12.8 Å². The van der Waals surface area contributed by atoms with Crippen LogP contribution >= 0.6 is 11.3 Å². The number of methoxy groups -OCH3 is 2. The summed E-state index contributed by atoms with van der Waals surface area (Å²) < 4.78 is 12.3. The topological polar surface area (TPSA) is 35.8 Å². The summed E-state index contributed by atoms with van der Waals surface area (Å²) in [6.45, 7) is 2.13. The third-order valence-corrected chi connectivity index (χ3v) is 6.05. The highest BCUT2D eigenvalue weighted by Gasteiger charge is 2.33. The molecule has 1 unspecified atom stereocenters. The number of benzene rings is 2. The highest BCUT2D eigenvalue weighted by atomic mass is 32.1. The van der Waals surface area contributed by atoms with E-state index in [0.717, 1.165) is 23.6 Å². The Kier molecular flexibility index (Phi) is 4.59. The Balaban J connectivity index is 1.62. The molecule has 1 aliphatic heterocycles. The lowest BCUT2D eigenvalue weighted by Gasteiger charge is -2.23. The van der Waals surface area contributed by atoms with E-state index >= 15 is 0 Å². The van der Waals surface area contributed by atoms with Gasteiger partial charge in [-0.25, -0.2) is 4.98 Å². The van der Waals surface area contributed by atoms with Crippen LogP contribution in [0.2, 0.25) is 0 Å². The molecule has 1 aromatic heterocycles. The summed E-state index contributed by atoms with van der Waals surface area (Å²) in [6.07, 6.45) is 2.40. The number of rotatable bonds is 5. The summed E-state index contributed by atoms with van der Waals surface area (Å²) in [5.74, 6) is 1.84. The molecule has 4 rings (SSSR count). The number of ether oxygens (including phenoxy) is 2. The molecule has 25 heavy (non-hydrogen) atoms. The zero-order valence-corrected chi connectivity index (χ0v) is 15.4. The second-order valence-electron chi connectivity index (χ2n) is 6.46. The van der Waals surface area contributed by atoms with Crippen LogP contribution in [0.3, 0.4) is 0 Å². The van der Waals surface area contributed by atoms with Crippen molar-refractivity contribution in [3.8, 4) is 11.5 Å². The van der Waals surface area contributed by atoms with Crippen molar-refractivity contribution in [3.05, 3.63) is 53.0 Å². The van der Waals surface area contributed by atoms with Crippen molar-refractivity contribution in [2.45, 2.75) is 25.4 Å². The maximum absolute atomic E-state index is 5.62. The number of hydrogen-bond donors (Lipinski definition) is 1. The number of likely N-dealkylation sites (tertiary alicyclic amines) is 1. The van der Waals surface area contributed by atoms with Crippen LogP contribution in [0.25, 0.3) is 10.2 Å². The maximum Gasteiger partial charge on any atom is 0.148 e. The highest BCUT2D eigenvalue weighted by Crippen LogP contribution is 2.32. The van der Waals surface area contributed by atoms with Crippen LogP contribution in [0, 0.1) is 0 Å². The first-order valence-electron chi connectivity index (χ1n) is 8.69. The Hall–Kier alpha value is -2.11. The summed E-state index contributed by atoms with van der Waals surface area (Å²) in [6, 6.07) is 14.9. The Bertz CT molecular complexity index is 844. The van der Waals surface area contributed by atoms with Crippen LogP contribution in [0.5, 0.6) is 11.5 Å². The molecule has 1 saturated heterocycles. The zero-order valence-electron chi connectivity index (χ0n) is 14.6. The number of para-hydroxylation sites is 1. The normalized spacial score (nSPS) is 20.1. The first-order chi connectivity index (χ1) is 12.3. The van der Waals surface area contributed by atoms with Gasteiger partial charge in [0.15, 0.2) is 0 Å². The van der Waals surface area contributed by atoms with Crippen molar-refractivity contribution >= 4 is 21.6 Å². The van der Waals surface area contributed by atoms with E-state index < -0.39 is 0 Å². The highest BCUT2D eigenvalue weighted by molar-refractivity contribution is 7.18. The Morgan fingerprint density at radius 3 is 2.84 bits per heavy atom. The molecule has 5 heteroatoms. The second kappa shape index (κ2) is 7.02. The SMILES string of the molecule is COc1ccc(OC)c([C@@H]2CCC[NH+]2Cc2nc3ccccc3s2)c1. The maximum atomic E-state index is 5.62. The standard InChI is InChI=1S/C20H22N2O2S/c1-23-14-9-10-18(24-2)15(12-14)17-7-5-11-22(17)13-20-21-16-6-3-4-8-19(16)25-20/h3-4,6,8-10,12,17H,5,7,11,13H2,1-2H3/p+1/t17-/m0/s1. The molecule has 2 atom stereocenters. The minimum absolute atomic E-state index is 0.428. The predicted octanol–water partition coefficient (Wildman–Crippen LogP) is 3.23. The van der Waals surface area contributed by atoms with Crippen molar-refractivity contribution in [1.82, 2.24) is 4.98 Å². The molecule has 0 radical (unpaired) electrons. The van der Waals surface area contributed by atoms with Gasteiger partial charge in [-0.05, 0) is 30.3 Å². The number of nitrogens with one attached hydrogen (secondary N) is 1. The van der Waals surface area contributed by atoms with Crippen LogP contribution in [0.1, 0.15) is 29.5 Å². The van der Waals surface area contributed by atoms with E-state index in [-0.39, 0.29) is 0 Å². The van der Waals surface area contributed by atoms with Crippen LogP contribution < -0.4 is 14.4 Å². The molecule has 0 spiro atoms. The fourth-order valence-electron chi connectivity index (χ4n) is 3.80. The van der Waals surface area contributed by atoms with E-state index in [0.29, 0.717) is 6.04 Å². The van der Waals surface area contributed by atoms with Gasteiger partial charge in [0.2, 0.25) is 0 Å². The van der Waals surface area contributed by atoms with Crippen LogP contribution in [0.15, 0.2) is 42.5 Å². The molecule has 4 nitrogen and oxygen atoms in total. The minimum Gasteiger partial charge on any atom is -0.497 e. The fraction of sp³-hybridized carbons (Fsp3) is 0.350. The van der Waals surface area contributed by atoms with Gasteiger partial charge < -0.3 is 14.4 Å². The van der Waals surface area contributed by atoms with E-state index in [1.54, 1.807) is 19.1 Å². The average molecular weight is 355 g/mol. The van der Waals surface area contributed by atoms with E-state index in [1.165, 1.54) is 34.7 Å². The summed E-state index contributed by atoms with van der Waals surface area (Å²) in [4.78, 5) is 6.38. The van der Waals surface area contributed by atoms with Crippen molar-refractivity contribution in [1.29, 1.82) is 0 Å². The third kappa shape index (κ3) is 3.22. The van der Waals surface area contributed by atoms with Crippen molar-refractivity contribution < 1.29 is 14.4 Å². The van der Waals surface area contributed by atoms with E-state index in [9.17, 15) is 0 Å². The molecule has 2 aromatic carbocycles. The van der Waals surface area contributed by atoms with Gasteiger partial charge >= 0.3 is 0 Å². The van der Waals surface area contributed by atoms with Crippen molar-refractivity contribution in [3.63, 3.8) is 0 Å². The summed E-state index contributed by atoms with van der Waals surface area (Å²) >= 11 is 1.81. The summed E-state index contributed by atoms with van der Waals surface area (Å²) in [5, 5.41) is 1.21. The van der Waals surface area contributed by atoms with Gasteiger partial charge in [0.1, 0.15) is 29.1 Å². The molecule has 1 aliphatic rings. The Morgan fingerprint density at radius 1 is 1.16 bits per heavy atom. The molecular formula is C20H23N2O2S+. The lowest BCUT2D eigenvalue weighted by Crippen LogP contribution is -3.08. The third-order valence-electron chi connectivity index (χ3n) is 5.01. The Labute approximate surface area is 152 Å². The number of thiazole rings is 1. The molecule has 130 valence electrons. The van der Waals surface area contributed by atoms with Crippen molar-refractivity contribution in [2.75, 3.05) is 20.8 Å². The second-order valence-corrected chi connectivity index (χ2v) is 7.58. The summed E-state index contributed by atoms with van der Waals surface area (Å²) in [7, 11) is 3.46. The molecule has 1 fully saturated rings. The first kappa shape index (κ1) is 16.4. The average Bonchev–Trinajstić information content (AvgIpc) is 3.27. The van der Waals surface area contributed by atoms with Crippen LogP contribution in [-0.4, -0.2) is 25.7 Å². The van der Waals surface area contributed by atoms with Crippen LogP contribution in [0.4, 0.5) is 0 Å². The van der Waals surface area contributed by atoms with Gasteiger partial charge in [-0.2, -0.15) is 0 Å². The monoisotopic (exact) mass is 355 g/mol. The molecule has 0 bridgehead atoms. The predicted molar refractivity (Wildman–Crippen MR) is 101 cm³/mol. The van der Waals surface area contributed by atoms with E-state index in [1.807, 2.05) is 23.5 Å². The zero-order chi connectivity index (χ0) is 17.2. The number of nitrogens with zero attached hydrogens (tertiary/aromatic N) is 1. The first-order valence-corrected chi connectivity index (χ1v) is 9.51. The molecule has 0 amide bonds. The quantitative estimate of drug-likeness (QED) is 0.763. The Morgan fingerprint density at radius 2 is 2.04 bits per heavy atom. The van der Waals surface area contributed by atoms with Gasteiger partial charge in [0.25, 0.3) is 0 Å². The molecular weight excluding hydrogens is 332 g/mol. The fourth-order valence-corrected chi connectivity index (χ4v) is 4.82. The van der Waals surface area contributed by atoms with Crippen molar-refractivity contribution in [2.24, 2.45) is 0 Å². The van der Waals surface area contributed by atoms with Gasteiger partial charge in [-0.15, -0.1) is 11.3 Å². The van der Waals surface area contributed by atoms with E-state index in [4.69, 9.17) is 14.5 Å². The van der Waals surface area contributed by atoms with Crippen LogP contribution in [-0.2, 0) is 6.54 Å². The number of aromatic nitrogens is 1. The van der Waals surface area contributed by atoms with Gasteiger partial charge in [0.05, 0.1) is 36.5 Å².